The van der Waals surface area contributed by atoms with Gasteiger partial charge in [-0.3, -0.25) is 0 Å². The van der Waals surface area contributed by atoms with Crippen molar-refractivity contribution in [1.29, 1.82) is 0 Å². The molecular weight excluding hydrogens is 288 g/mol. The summed E-state index contributed by atoms with van der Waals surface area (Å²) < 4.78 is 0. The van der Waals surface area contributed by atoms with Crippen molar-refractivity contribution in [2.24, 2.45) is 0 Å². The molecule has 0 amide bonds. The van der Waals surface area contributed by atoms with E-state index in [1.165, 1.54) is 33.0 Å². The summed E-state index contributed by atoms with van der Waals surface area (Å²) in [4.78, 5) is 0. The molecule has 0 aromatic heterocycles. The molecule has 0 aliphatic carbocycles. The third-order valence-corrected chi connectivity index (χ3v) is 4.42. The molecule has 0 heterocycles. The minimum Gasteiger partial charge on any atom is -0.0622 e. The van der Waals surface area contributed by atoms with E-state index in [1.807, 2.05) is 0 Å². The van der Waals surface area contributed by atoms with Crippen LogP contribution in [-0.2, 0) is 12.8 Å². The SMILES string of the molecule is [c]1c(Cc2ccccc2)c(Cc2ccccc2)cc2ccccc12. The molecule has 4 aromatic rings. The lowest BCUT2D eigenvalue weighted by Crippen LogP contribution is -1.98. The highest BCUT2D eigenvalue weighted by atomic mass is 14.1. The second-order valence-electron chi connectivity index (χ2n) is 6.19. The molecular formula is C24H19. The van der Waals surface area contributed by atoms with Gasteiger partial charge in [-0.15, -0.1) is 0 Å². The smallest absolute Gasteiger partial charge is 0.00165 e. The summed E-state index contributed by atoms with van der Waals surface area (Å²) in [5.74, 6) is 0. The Morgan fingerprint density at radius 3 is 1.88 bits per heavy atom. The number of hydrogen-bond donors (Lipinski definition) is 0. The second-order valence-corrected chi connectivity index (χ2v) is 6.19. The lowest BCUT2D eigenvalue weighted by atomic mass is 9.92. The van der Waals surface area contributed by atoms with E-state index in [2.05, 4.69) is 97.1 Å². The van der Waals surface area contributed by atoms with Crippen LogP contribution in [0.5, 0.6) is 0 Å². The highest BCUT2D eigenvalue weighted by Crippen LogP contribution is 2.24. The molecule has 4 aromatic carbocycles. The Kier molecular flexibility index (Phi) is 4.12. The van der Waals surface area contributed by atoms with Crippen LogP contribution in [-0.4, -0.2) is 0 Å². The summed E-state index contributed by atoms with van der Waals surface area (Å²) in [6.07, 6.45) is 1.87. The van der Waals surface area contributed by atoms with E-state index < -0.39 is 0 Å². The van der Waals surface area contributed by atoms with Crippen molar-refractivity contribution >= 4 is 10.8 Å². The van der Waals surface area contributed by atoms with Gasteiger partial charge in [-0.2, -0.15) is 0 Å². The zero-order chi connectivity index (χ0) is 16.2. The van der Waals surface area contributed by atoms with Gasteiger partial charge in [0.2, 0.25) is 0 Å². The minimum atomic E-state index is 0.924. The molecule has 1 radical (unpaired) electrons. The first-order valence-electron chi connectivity index (χ1n) is 8.39. The predicted molar refractivity (Wildman–Crippen MR) is 101 cm³/mol. The summed E-state index contributed by atoms with van der Waals surface area (Å²) in [5.41, 5.74) is 5.33. The molecule has 0 fully saturated rings. The standard InChI is InChI=1S/C24H19/c1-3-9-19(10-4-1)15-23-17-21-13-7-8-14-22(21)18-24(23)16-20-11-5-2-6-12-20/h1-14,17H,15-16H2. The third kappa shape index (κ3) is 3.23. The molecule has 0 saturated heterocycles. The molecule has 0 aliphatic rings. The Bertz CT molecular complexity index is 857. The number of fused-ring (bicyclic) bond motifs is 1. The Balaban J connectivity index is 1.78. The van der Waals surface area contributed by atoms with E-state index >= 15 is 0 Å². The summed E-state index contributed by atoms with van der Waals surface area (Å²) in [6, 6.07) is 35.8. The maximum Gasteiger partial charge on any atom is -0.00165 e. The highest BCUT2D eigenvalue weighted by Gasteiger charge is 2.08. The maximum atomic E-state index is 3.66. The maximum absolute atomic E-state index is 3.66. The number of benzene rings is 4. The molecule has 0 aliphatic heterocycles. The van der Waals surface area contributed by atoms with Crippen molar-refractivity contribution in [3.05, 3.63) is 119 Å². The molecule has 0 spiro atoms. The number of hydrogen-bond acceptors (Lipinski definition) is 0. The van der Waals surface area contributed by atoms with Gasteiger partial charge in [0.1, 0.15) is 0 Å². The van der Waals surface area contributed by atoms with E-state index in [4.69, 9.17) is 0 Å². The fourth-order valence-corrected chi connectivity index (χ4v) is 3.19. The largest absolute Gasteiger partial charge is 0.0622 e. The molecule has 0 N–H and O–H groups in total. The van der Waals surface area contributed by atoms with Crippen LogP contribution in [0.4, 0.5) is 0 Å². The first-order chi connectivity index (χ1) is 11.9. The van der Waals surface area contributed by atoms with Gasteiger partial charge in [-0.05, 0) is 51.9 Å². The Morgan fingerprint density at radius 2 is 1.17 bits per heavy atom. The van der Waals surface area contributed by atoms with Gasteiger partial charge in [0.15, 0.2) is 0 Å². The van der Waals surface area contributed by atoms with E-state index in [0.29, 0.717) is 0 Å². The monoisotopic (exact) mass is 307 g/mol. The van der Waals surface area contributed by atoms with Crippen LogP contribution in [0.2, 0.25) is 0 Å². The zero-order valence-electron chi connectivity index (χ0n) is 13.6. The fraction of sp³-hybridized carbons (Fsp3) is 0.0833. The molecule has 4 rings (SSSR count). The van der Waals surface area contributed by atoms with E-state index in [0.717, 1.165) is 12.8 Å². The summed E-state index contributed by atoms with van der Waals surface area (Å²) in [6.45, 7) is 0. The van der Waals surface area contributed by atoms with Gasteiger partial charge < -0.3 is 0 Å². The van der Waals surface area contributed by atoms with Gasteiger partial charge in [-0.1, -0.05) is 91.0 Å². The van der Waals surface area contributed by atoms with Crippen molar-refractivity contribution < 1.29 is 0 Å². The zero-order valence-corrected chi connectivity index (χ0v) is 13.6. The average molecular weight is 307 g/mol. The summed E-state index contributed by atoms with van der Waals surface area (Å²) in [7, 11) is 0. The van der Waals surface area contributed by atoms with Crippen molar-refractivity contribution in [2.45, 2.75) is 12.8 Å². The molecule has 0 unspecified atom stereocenters. The van der Waals surface area contributed by atoms with E-state index in [-0.39, 0.29) is 0 Å². The topological polar surface area (TPSA) is 0 Å². The predicted octanol–water partition coefficient (Wildman–Crippen LogP) is 5.82. The lowest BCUT2D eigenvalue weighted by molar-refractivity contribution is 1.10. The van der Waals surface area contributed by atoms with Gasteiger partial charge >= 0.3 is 0 Å². The van der Waals surface area contributed by atoms with Gasteiger partial charge in [-0.25, -0.2) is 0 Å². The molecule has 0 nitrogen and oxygen atoms in total. The quantitative estimate of drug-likeness (QED) is 0.445. The summed E-state index contributed by atoms with van der Waals surface area (Å²) in [5, 5.41) is 2.46. The third-order valence-electron chi connectivity index (χ3n) is 4.42. The molecule has 0 heteroatoms. The molecule has 24 heavy (non-hydrogen) atoms. The molecule has 0 saturated carbocycles. The van der Waals surface area contributed by atoms with Crippen LogP contribution in [0.15, 0.2) is 91.0 Å². The van der Waals surface area contributed by atoms with Crippen LogP contribution in [0.1, 0.15) is 22.3 Å². The average Bonchev–Trinajstić information content (AvgIpc) is 2.64. The first-order valence-corrected chi connectivity index (χ1v) is 8.39. The Labute approximate surface area is 143 Å². The van der Waals surface area contributed by atoms with Crippen LogP contribution >= 0.6 is 0 Å². The van der Waals surface area contributed by atoms with Crippen LogP contribution in [0.25, 0.3) is 10.8 Å². The van der Waals surface area contributed by atoms with Gasteiger partial charge in [0, 0.05) is 0 Å². The molecule has 0 bridgehead atoms. The fourth-order valence-electron chi connectivity index (χ4n) is 3.19. The number of rotatable bonds is 4. The summed E-state index contributed by atoms with van der Waals surface area (Å²) >= 11 is 0. The van der Waals surface area contributed by atoms with Gasteiger partial charge in [0.25, 0.3) is 0 Å². The van der Waals surface area contributed by atoms with Crippen molar-refractivity contribution in [3.63, 3.8) is 0 Å². The van der Waals surface area contributed by atoms with Crippen LogP contribution in [0, 0.1) is 6.07 Å². The van der Waals surface area contributed by atoms with Crippen LogP contribution < -0.4 is 0 Å². The Hall–Kier alpha value is -2.86. The Morgan fingerprint density at radius 1 is 0.583 bits per heavy atom. The van der Waals surface area contributed by atoms with Gasteiger partial charge in [0.05, 0.1) is 0 Å². The van der Waals surface area contributed by atoms with E-state index in [1.54, 1.807) is 0 Å². The first kappa shape index (κ1) is 14.7. The van der Waals surface area contributed by atoms with Crippen molar-refractivity contribution in [2.75, 3.05) is 0 Å². The second kappa shape index (κ2) is 6.72. The van der Waals surface area contributed by atoms with Crippen LogP contribution in [0.3, 0.4) is 0 Å². The van der Waals surface area contributed by atoms with Crippen molar-refractivity contribution in [3.8, 4) is 0 Å². The lowest BCUT2D eigenvalue weighted by Gasteiger charge is -2.12. The normalized spacial score (nSPS) is 10.8. The highest BCUT2D eigenvalue weighted by molar-refractivity contribution is 5.83. The molecule has 0 atom stereocenters. The minimum absolute atomic E-state index is 0.924. The van der Waals surface area contributed by atoms with E-state index in [9.17, 15) is 0 Å². The van der Waals surface area contributed by atoms with Crippen molar-refractivity contribution in [1.82, 2.24) is 0 Å². The molecule has 115 valence electrons.